The zero-order valence-electron chi connectivity index (χ0n) is 18.1. The van der Waals surface area contributed by atoms with E-state index in [1.54, 1.807) is 4.90 Å². The molecule has 0 aromatic heterocycles. The number of rotatable bonds is 6. The number of amides is 1. The second kappa shape index (κ2) is 9.72. The van der Waals surface area contributed by atoms with Gasteiger partial charge in [-0.1, -0.05) is 19.3 Å². The predicted octanol–water partition coefficient (Wildman–Crippen LogP) is 0.179. The van der Waals surface area contributed by atoms with Gasteiger partial charge >= 0.3 is 5.97 Å². The number of hydrogen-bond donors (Lipinski definition) is 1. The summed E-state index contributed by atoms with van der Waals surface area (Å²) in [5.74, 6) is -0.810. The van der Waals surface area contributed by atoms with Gasteiger partial charge in [-0.2, -0.15) is 0 Å². The molecule has 1 saturated carbocycles. The van der Waals surface area contributed by atoms with Crippen LogP contribution in [0.15, 0.2) is 28.3 Å². The normalized spacial score (nSPS) is 24.7. The van der Waals surface area contributed by atoms with Gasteiger partial charge < -0.3 is 19.7 Å². The third-order valence-corrected chi connectivity index (χ3v) is 7.64. The average molecular weight is 467 g/mol. The van der Waals surface area contributed by atoms with Gasteiger partial charge in [0.05, 0.1) is 24.5 Å². The summed E-state index contributed by atoms with van der Waals surface area (Å²) in [6.07, 6.45) is 10.0. The lowest BCUT2D eigenvalue weighted by Crippen LogP contribution is -2.59. The van der Waals surface area contributed by atoms with Crippen molar-refractivity contribution < 1.29 is 27.5 Å². The highest BCUT2D eigenvalue weighted by Crippen LogP contribution is 2.33. The maximum Gasteiger partial charge on any atom is 0.340 e. The quantitative estimate of drug-likeness (QED) is 0.551. The number of nitrogens with one attached hydrogen (secondary N) is 1. The molecule has 10 nitrogen and oxygen atoms in total. The van der Waals surface area contributed by atoms with Gasteiger partial charge in [-0.05, 0) is 25.0 Å². The minimum atomic E-state index is -3.46. The Morgan fingerprint density at radius 1 is 1.12 bits per heavy atom. The van der Waals surface area contributed by atoms with E-state index in [-0.39, 0.29) is 41.8 Å². The molecule has 0 radical (unpaired) electrons. The van der Waals surface area contributed by atoms with E-state index < -0.39 is 16.0 Å². The second-order valence-electron chi connectivity index (χ2n) is 8.58. The van der Waals surface area contributed by atoms with Crippen molar-refractivity contribution in [2.75, 3.05) is 51.8 Å². The van der Waals surface area contributed by atoms with E-state index in [4.69, 9.17) is 9.47 Å². The van der Waals surface area contributed by atoms with E-state index in [9.17, 15) is 18.0 Å². The van der Waals surface area contributed by atoms with Gasteiger partial charge in [0, 0.05) is 37.9 Å². The maximum absolute atomic E-state index is 12.4. The van der Waals surface area contributed by atoms with Crippen molar-refractivity contribution >= 4 is 27.7 Å². The van der Waals surface area contributed by atoms with Gasteiger partial charge in [-0.15, -0.1) is 4.40 Å². The number of nitrogens with zero attached hydrogens (tertiary/aromatic N) is 3. The summed E-state index contributed by atoms with van der Waals surface area (Å²) in [5, 5.41) is 2.97. The summed E-state index contributed by atoms with van der Waals surface area (Å²) in [6.45, 7) is 3.55. The van der Waals surface area contributed by atoms with Crippen LogP contribution in [-0.4, -0.2) is 93.2 Å². The highest BCUT2D eigenvalue weighted by molar-refractivity contribution is 7.90. The van der Waals surface area contributed by atoms with E-state index in [2.05, 4.69) is 14.6 Å². The van der Waals surface area contributed by atoms with Gasteiger partial charge in [0.25, 0.3) is 15.9 Å². The molecule has 0 aromatic carbocycles. The number of hydrogen-bond acceptors (Lipinski definition) is 8. The Morgan fingerprint density at radius 2 is 1.88 bits per heavy atom. The summed E-state index contributed by atoms with van der Waals surface area (Å²) >= 11 is 0. The van der Waals surface area contributed by atoms with Crippen LogP contribution >= 0.6 is 0 Å². The maximum atomic E-state index is 12.4. The zero-order valence-corrected chi connectivity index (χ0v) is 18.9. The fourth-order valence-corrected chi connectivity index (χ4v) is 5.67. The summed E-state index contributed by atoms with van der Waals surface area (Å²) < 4.78 is 37.5. The lowest BCUT2D eigenvalue weighted by Gasteiger charge is -2.48. The number of esters is 1. The molecule has 32 heavy (non-hydrogen) atoms. The molecule has 4 aliphatic rings. The lowest BCUT2D eigenvalue weighted by atomic mass is 9.79. The molecule has 1 aliphatic carbocycles. The molecule has 1 amide bonds. The zero-order chi connectivity index (χ0) is 22.6. The van der Waals surface area contributed by atoms with E-state index in [0.29, 0.717) is 19.8 Å². The van der Waals surface area contributed by atoms with Gasteiger partial charge in [-0.25, -0.2) is 13.2 Å². The molecule has 1 N–H and O–H groups in total. The molecule has 176 valence electrons. The number of morpholine rings is 1. The molecule has 0 atom stereocenters. The minimum Gasteiger partial charge on any atom is -0.452 e. The first-order chi connectivity index (χ1) is 15.4. The van der Waals surface area contributed by atoms with Crippen molar-refractivity contribution in [3.05, 3.63) is 23.9 Å². The molecule has 0 bridgehead atoms. The van der Waals surface area contributed by atoms with E-state index >= 15 is 0 Å². The van der Waals surface area contributed by atoms with Crippen LogP contribution in [0, 0.1) is 0 Å². The molecule has 0 spiro atoms. The molecular weight excluding hydrogens is 436 g/mol. The van der Waals surface area contributed by atoms with Crippen LogP contribution in [0.5, 0.6) is 0 Å². The van der Waals surface area contributed by atoms with E-state index in [1.807, 2.05) is 0 Å². The number of ether oxygens (including phenoxy) is 2. The van der Waals surface area contributed by atoms with Crippen LogP contribution in [0.25, 0.3) is 0 Å². The van der Waals surface area contributed by atoms with Crippen molar-refractivity contribution in [1.82, 2.24) is 15.1 Å². The van der Waals surface area contributed by atoms with Crippen molar-refractivity contribution in [3.63, 3.8) is 0 Å². The average Bonchev–Trinajstić information content (AvgIpc) is 2.81. The minimum absolute atomic E-state index is 0.0549. The number of amidine groups is 1. The molecule has 3 aliphatic heterocycles. The monoisotopic (exact) mass is 466 g/mol. The molecule has 11 heteroatoms. The molecule has 2 fully saturated rings. The first kappa shape index (κ1) is 22.9. The Bertz CT molecular complexity index is 930. The standard InChI is InChI=1S/C21H30N4O6S/c26-19(22-16-21(6-2-1-3-7-21)25-8-11-30-12-9-25)15-31-20(27)17-4-5-18-23-32(28,29)13-10-24(18)14-17/h4-5,14H,1-3,6-13,15-16H2,(H,22,26). The fourth-order valence-electron chi connectivity index (χ4n) is 4.70. The highest BCUT2D eigenvalue weighted by Gasteiger charge is 2.38. The van der Waals surface area contributed by atoms with Crippen LogP contribution in [0.3, 0.4) is 0 Å². The number of carbonyl (C=O) groups excluding carboxylic acids is 2. The molecule has 1 saturated heterocycles. The van der Waals surface area contributed by atoms with Crippen molar-refractivity contribution in [3.8, 4) is 0 Å². The van der Waals surface area contributed by atoms with Crippen LogP contribution in [0.1, 0.15) is 32.1 Å². The predicted molar refractivity (Wildman–Crippen MR) is 117 cm³/mol. The fraction of sp³-hybridized carbons (Fsp3) is 0.667. The van der Waals surface area contributed by atoms with Crippen LogP contribution in [0.4, 0.5) is 0 Å². The number of fused-ring (bicyclic) bond motifs is 1. The van der Waals surface area contributed by atoms with Crippen LogP contribution < -0.4 is 5.32 Å². The molecule has 4 rings (SSSR count). The van der Waals surface area contributed by atoms with Crippen molar-refractivity contribution in [2.24, 2.45) is 4.40 Å². The number of carbonyl (C=O) groups is 2. The van der Waals surface area contributed by atoms with Crippen molar-refractivity contribution in [2.45, 2.75) is 37.6 Å². The number of sulfonamides is 1. The Hall–Kier alpha value is -2.24. The molecular formula is C21H30N4O6S. The van der Waals surface area contributed by atoms with Gasteiger partial charge in [0.15, 0.2) is 6.61 Å². The topological polar surface area (TPSA) is 118 Å². The van der Waals surface area contributed by atoms with Gasteiger partial charge in [-0.3, -0.25) is 9.69 Å². The third kappa shape index (κ3) is 5.38. The van der Waals surface area contributed by atoms with Crippen LogP contribution in [0.2, 0.25) is 0 Å². The van der Waals surface area contributed by atoms with E-state index in [0.717, 1.165) is 38.8 Å². The first-order valence-corrected chi connectivity index (χ1v) is 12.7. The Morgan fingerprint density at radius 3 is 2.62 bits per heavy atom. The molecule has 0 unspecified atom stereocenters. The highest BCUT2D eigenvalue weighted by atomic mass is 32.2. The third-order valence-electron chi connectivity index (χ3n) is 6.47. The van der Waals surface area contributed by atoms with E-state index in [1.165, 1.54) is 24.8 Å². The largest absolute Gasteiger partial charge is 0.452 e. The summed E-state index contributed by atoms with van der Waals surface area (Å²) in [4.78, 5) is 28.9. The Kier molecular flexibility index (Phi) is 6.96. The molecule has 3 heterocycles. The second-order valence-corrected chi connectivity index (χ2v) is 10.3. The van der Waals surface area contributed by atoms with Crippen molar-refractivity contribution in [1.29, 1.82) is 0 Å². The Labute approximate surface area is 188 Å². The summed E-state index contributed by atoms with van der Waals surface area (Å²) in [6, 6.07) is 0. The summed E-state index contributed by atoms with van der Waals surface area (Å²) in [5.41, 5.74) is 0.189. The van der Waals surface area contributed by atoms with Gasteiger partial charge in [0.1, 0.15) is 5.84 Å². The van der Waals surface area contributed by atoms with Crippen LogP contribution in [-0.2, 0) is 29.1 Å². The van der Waals surface area contributed by atoms with Gasteiger partial charge in [0.2, 0.25) is 0 Å². The summed E-state index contributed by atoms with van der Waals surface area (Å²) in [7, 11) is -3.46. The Balaban J connectivity index is 1.29. The molecule has 0 aromatic rings. The lowest BCUT2D eigenvalue weighted by molar-refractivity contribution is -0.144. The first-order valence-electron chi connectivity index (χ1n) is 11.1. The SMILES string of the molecule is O=C(COC(=O)C1=CN2CCS(=O)(=O)N=C2C=C1)NCC1(N2CCOCC2)CCCCC1. The smallest absolute Gasteiger partial charge is 0.340 e.